The van der Waals surface area contributed by atoms with Gasteiger partial charge in [0.25, 0.3) is 5.91 Å². The van der Waals surface area contributed by atoms with Crippen LogP contribution in [0.2, 0.25) is 0 Å². The Labute approximate surface area is 286 Å². The average molecular weight is 757 g/mol. The normalized spacial score (nSPS) is 17.2. The molecule has 1 fully saturated rings. The molecule has 0 bridgehead atoms. The van der Waals surface area contributed by atoms with E-state index in [4.69, 9.17) is 26.7 Å². The molecular weight excluding hydrogens is 727 g/mol. The zero-order valence-electron chi connectivity index (χ0n) is 23.9. The smallest absolute Gasteiger partial charge is 0.253 e. The van der Waals surface area contributed by atoms with Gasteiger partial charge in [-0.1, -0.05) is 42.5 Å². The first-order chi connectivity index (χ1) is 20.9. The van der Waals surface area contributed by atoms with Crippen molar-refractivity contribution in [3.05, 3.63) is 106 Å². The summed E-state index contributed by atoms with van der Waals surface area (Å²) < 4.78 is 13.3. The van der Waals surface area contributed by atoms with Crippen LogP contribution in [0.15, 0.2) is 90.2 Å². The third kappa shape index (κ3) is 6.82. The number of hydrogen-bond acceptors (Lipinski definition) is 8. The van der Waals surface area contributed by atoms with Crippen LogP contribution in [0.1, 0.15) is 16.1 Å². The molecule has 1 N–H and O–H groups in total. The Hall–Kier alpha value is -3.33. The monoisotopic (exact) mass is 756 g/mol. The number of fused-ring (bicyclic) bond motifs is 1. The summed E-state index contributed by atoms with van der Waals surface area (Å²) in [5, 5.41) is 5.67. The van der Waals surface area contributed by atoms with Crippen LogP contribution in [0.3, 0.4) is 0 Å². The number of carbonyl (C=O) groups excluding carboxylic acids is 2. The lowest BCUT2D eigenvalue weighted by Crippen LogP contribution is -3.00. The molecule has 2 aromatic carbocycles. The summed E-state index contributed by atoms with van der Waals surface area (Å²) in [6, 6.07) is 20.4. The first-order valence-corrected chi connectivity index (χ1v) is 16.0. The molecule has 8 nitrogen and oxygen atoms in total. The van der Waals surface area contributed by atoms with Gasteiger partial charge in [0.05, 0.1) is 19.2 Å². The molecule has 0 saturated carbocycles. The number of benzene rings is 2. The van der Waals surface area contributed by atoms with Crippen molar-refractivity contribution in [1.82, 2.24) is 15.2 Å². The molecule has 44 heavy (non-hydrogen) atoms. The highest BCUT2D eigenvalue weighted by Gasteiger charge is 2.54. The third-order valence-electron chi connectivity index (χ3n) is 7.25. The van der Waals surface area contributed by atoms with Crippen LogP contribution < -0.4 is 38.6 Å². The number of aryl methyl sites for hydroxylation is 1. The molecule has 2 atom stereocenters. The molecule has 0 radical (unpaired) electrons. The topological polar surface area (TPSA) is 84.6 Å². The van der Waals surface area contributed by atoms with Crippen LogP contribution in [0, 0.1) is 0 Å². The highest BCUT2D eigenvalue weighted by Crippen LogP contribution is 2.45. The number of thioether (sulfide) groups is 1. The van der Waals surface area contributed by atoms with Gasteiger partial charge in [-0.3, -0.25) is 14.5 Å². The summed E-state index contributed by atoms with van der Waals surface area (Å²) >= 11 is 8.92. The van der Waals surface area contributed by atoms with E-state index in [0.29, 0.717) is 11.4 Å². The van der Waals surface area contributed by atoms with Crippen molar-refractivity contribution in [3.63, 3.8) is 0 Å². The van der Waals surface area contributed by atoms with Crippen molar-refractivity contribution in [2.45, 2.75) is 24.4 Å². The van der Waals surface area contributed by atoms with Crippen LogP contribution >= 0.6 is 35.3 Å². The Morgan fingerprint density at radius 2 is 1.82 bits per heavy atom. The number of nitrogens with zero attached hydrogens (tertiary/aromatic N) is 3. The number of methoxy groups -OCH3 is 1. The molecule has 2 aliphatic heterocycles. The number of halogens is 1. The van der Waals surface area contributed by atoms with Gasteiger partial charge in [-0.2, -0.15) is 0 Å². The van der Waals surface area contributed by atoms with Gasteiger partial charge in [-0.15, -0.1) is 23.1 Å². The van der Waals surface area contributed by atoms with E-state index in [2.05, 4.69) is 5.32 Å². The maximum atomic E-state index is 13.6. The number of pyridine rings is 1. The minimum Gasteiger partial charge on any atom is -1.00 e. The van der Waals surface area contributed by atoms with Gasteiger partial charge in [0.1, 0.15) is 41.5 Å². The molecule has 6 rings (SSSR count). The largest absolute Gasteiger partial charge is 1.00 e. The second-order valence-corrected chi connectivity index (χ2v) is 12.5. The lowest BCUT2D eigenvalue weighted by molar-refractivity contribution is -0.671. The lowest BCUT2D eigenvalue weighted by atomic mass is 10.0. The molecule has 1 unspecified atom stereocenters. The van der Waals surface area contributed by atoms with Gasteiger partial charge in [-0.05, 0) is 35.5 Å². The zero-order chi connectivity index (χ0) is 29.9. The summed E-state index contributed by atoms with van der Waals surface area (Å²) in [7, 11) is 3.59. The number of carbonyl (C=O) groups is 2. The van der Waals surface area contributed by atoms with Crippen molar-refractivity contribution >= 4 is 57.8 Å². The summed E-state index contributed by atoms with van der Waals surface area (Å²) in [6.07, 6.45) is 4.17. The molecule has 2 aromatic heterocycles. The lowest BCUT2D eigenvalue weighted by Gasteiger charge is -2.50. The quantitative estimate of drug-likeness (QED) is 0.120. The van der Waals surface area contributed by atoms with E-state index in [9.17, 15) is 9.59 Å². The van der Waals surface area contributed by atoms with Crippen molar-refractivity contribution in [3.8, 4) is 17.0 Å². The minimum atomic E-state index is -0.640. The third-order valence-corrected chi connectivity index (χ3v) is 9.74. The van der Waals surface area contributed by atoms with Crippen molar-refractivity contribution in [2.24, 2.45) is 7.05 Å². The zero-order valence-corrected chi connectivity index (χ0v) is 28.5. The Balaban J connectivity index is 0.00000384. The molecule has 1 saturated heterocycles. The second kappa shape index (κ2) is 14.2. The first-order valence-electron chi connectivity index (χ1n) is 13.6. The number of β-lactam (4-membered cyclic amide) rings is 1. The van der Waals surface area contributed by atoms with E-state index in [-0.39, 0.29) is 59.2 Å². The van der Waals surface area contributed by atoms with Gasteiger partial charge in [0.2, 0.25) is 11.0 Å². The fourth-order valence-electron chi connectivity index (χ4n) is 4.93. The van der Waals surface area contributed by atoms with E-state index in [0.717, 1.165) is 38.7 Å². The van der Waals surface area contributed by atoms with Crippen LogP contribution in [0.25, 0.3) is 16.8 Å². The number of ether oxygens (including phenoxy) is 2. The number of aromatic nitrogens is 2. The van der Waals surface area contributed by atoms with Crippen molar-refractivity contribution in [2.75, 3.05) is 12.9 Å². The van der Waals surface area contributed by atoms with Gasteiger partial charge >= 0.3 is 0 Å². The van der Waals surface area contributed by atoms with Crippen LogP contribution in [-0.4, -0.2) is 51.0 Å². The molecule has 0 spiro atoms. The fraction of sp³-hybridized carbons (Fsp3) is 0.219. The molecule has 4 heterocycles. The Morgan fingerprint density at radius 1 is 1.09 bits per heavy atom. The molecule has 4 aromatic rings. The molecule has 2 aliphatic rings. The molecule has 12 heteroatoms. The maximum absolute atomic E-state index is 13.6. The SMILES string of the molecule is COc1ccc(COC(=S)C2=C(c3nc(-c4cc[n+](C)cc4)cs3)CS[C@@H]3C(NC(=O)Cc4ccccc4)C(=O)N23)cc1.[I-]. The van der Waals surface area contributed by atoms with Crippen molar-refractivity contribution in [1.29, 1.82) is 0 Å². The fourth-order valence-corrected chi connectivity index (χ4v) is 7.53. The van der Waals surface area contributed by atoms with Crippen molar-refractivity contribution < 1.29 is 47.6 Å². The molecule has 226 valence electrons. The predicted octanol–water partition coefficient (Wildman–Crippen LogP) is 1.55. The number of thiazole rings is 1. The van der Waals surface area contributed by atoms with E-state index >= 15 is 0 Å². The highest BCUT2D eigenvalue weighted by atomic mass is 127. The van der Waals surface area contributed by atoms with Crippen LogP contribution in [0.4, 0.5) is 0 Å². The number of rotatable bonds is 9. The maximum Gasteiger partial charge on any atom is 0.253 e. The highest BCUT2D eigenvalue weighted by molar-refractivity contribution is 8.00. The van der Waals surface area contributed by atoms with Gasteiger partial charge in [-0.25, -0.2) is 9.55 Å². The standard InChI is InChI=1S/C32H28N4O4S3.HI/c1-35-14-12-22(13-15-35)25-19-42-29(33-25)24-18-43-31-27(34-26(37)16-20-6-4-3-5-7-20)30(38)36(31)28(24)32(41)40-17-21-8-10-23(39-2)11-9-21;/h3-15,19,27,31H,16-18H2,1-2H3;1H/t27?,31-;/m1./s1. The first kappa shape index (κ1) is 32.1. The van der Waals surface area contributed by atoms with E-state index in [1.807, 2.05) is 96.1 Å². The summed E-state index contributed by atoms with van der Waals surface area (Å²) in [5.41, 5.74) is 5.06. The van der Waals surface area contributed by atoms with Gasteiger partial charge in [0.15, 0.2) is 12.4 Å². The van der Waals surface area contributed by atoms with E-state index < -0.39 is 6.04 Å². The molecule has 0 aliphatic carbocycles. The van der Waals surface area contributed by atoms with E-state index in [1.165, 1.54) is 11.3 Å². The summed E-state index contributed by atoms with van der Waals surface area (Å²) in [5.74, 6) is 0.910. The average Bonchev–Trinajstić information content (AvgIpc) is 3.53. The number of hydrogen-bond donors (Lipinski definition) is 1. The Kier molecular flexibility index (Phi) is 10.3. The number of amides is 2. The summed E-state index contributed by atoms with van der Waals surface area (Å²) in [4.78, 5) is 33.0. The van der Waals surface area contributed by atoms with E-state index in [1.54, 1.807) is 23.8 Å². The second-order valence-electron chi connectivity index (χ2n) is 10.2. The molecular formula is C32H29IN4O4S3. The summed E-state index contributed by atoms with van der Waals surface area (Å²) in [6.45, 7) is 0.237. The van der Waals surface area contributed by atoms with Crippen LogP contribution in [-0.2, 0) is 34.4 Å². The Morgan fingerprint density at radius 3 is 2.52 bits per heavy atom. The Bertz CT molecular complexity index is 1690. The molecule has 2 amide bonds. The number of thiocarbonyl (C=S) groups is 1. The number of nitrogens with one attached hydrogen (secondary N) is 1. The van der Waals surface area contributed by atoms with Gasteiger partial charge < -0.3 is 38.8 Å². The minimum absolute atomic E-state index is 0. The van der Waals surface area contributed by atoms with Gasteiger partial charge in [0, 0.05) is 34.4 Å². The van der Waals surface area contributed by atoms with Crippen LogP contribution in [0.5, 0.6) is 5.75 Å². The predicted molar refractivity (Wildman–Crippen MR) is 171 cm³/mol.